The zero-order valence-electron chi connectivity index (χ0n) is 12.3. The molecule has 0 aliphatic heterocycles. The van der Waals surface area contributed by atoms with E-state index in [-0.39, 0.29) is 12.5 Å². The van der Waals surface area contributed by atoms with Crippen LogP contribution in [-0.4, -0.2) is 56.5 Å². The lowest BCUT2D eigenvalue weighted by molar-refractivity contribution is -0.127. The standard InChI is InChI=1S/C13H21N5O2/c1-14-13(16-9-12(19)18(2)3)15-8-10-6-5-7-11(17-10)20-4/h5-7H,8-9H2,1-4H3,(H2,14,15,16). The SMILES string of the molecule is CN=C(NCC(=O)N(C)C)NCc1cccc(OC)n1. The van der Waals surface area contributed by atoms with Crippen LogP contribution in [0.5, 0.6) is 5.88 Å². The van der Waals surface area contributed by atoms with Crippen LogP contribution >= 0.6 is 0 Å². The zero-order chi connectivity index (χ0) is 15.0. The molecule has 2 N–H and O–H groups in total. The van der Waals surface area contributed by atoms with Gasteiger partial charge >= 0.3 is 0 Å². The van der Waals surface area contributed by atoms with Crippen molar-refractivity contribution < 1.29 is 9.53 Å². The number of carbonyl (C=O) groups is 1. The van der Waals surface area contributed by atoms with E-state index in [1.54, 1.807) is 34.3 Å². The van der Waals surface area contributed by atoms with E-state index in [0.717, 1.165) is 5.69 Å². The van der Waals surface area contributed by atoms with Crippen molar-refractivity contribution in [2.24, 2.45) is 4.99 Å². The summed E-state index contributed by atoms with van der Waals surface area (Å²) in [5.41, 5.74) is 0.825. The molecule has 1 amide bonds. The number of aromatic nitrogens is 1. The molecular formula is C13H21N5O2. The van der Waals surface area contributed by atoms with Gasteiger partial charge < -0.3 is 20.3 Å². The van der Waals surface area contributed by atoms with E-state index >= 15 is 0 Å². The van der Waals surface area contributed by atoms with E-state index in [1.807, 2.05) is 12.1 Å². The van der Waals surface area contributed by atoms with Crippen molar-refractivity contribution in [1.29, 1.82) is 0 Å². The van der Waals surface area contributed by atoms with Crippen molar-refractivity contribution in [3.8, 4) is 5.88 Å². The predicted molar refractivity (Wildman–Crippen MR) is 77.7 cm³/mol. The Balaban J connectivity index is 2.47. The number of carbonyl (C=O) groups excluding carboxylic acids is 1. The minimum absolute atomic E-state index is 0.0209. The molecule has 110 valence electrons. The maximum absolute atomic E-state index is 11.5. The molecule has 1 rings (SSSR count). The first-order valence-electron chi connectivity index (χ1n) is 6.21. The zero-order valence-corrected chi connectivity index (χ0v) is 12.3. The fourth-order valence-electron chi connectivity index (χ4n) is 1.38. The molecule has 0 radical (unpaired) electrons. The average Bonchev–Trinajstić information content (AvgIpc) is 2.47. The van der Waals surface area contributed by atoms with Gasteiger partial charge in [0.2, 0.25) is 11.8 Å². The Morgan fingerprint density at radius 1 is 1.40 bits per heavy atom. The smallest absolute Gasteiger partial charge is 0.241 e. The first-order valence-corrected chi connectivity index (χ1v) is 6.21. The van der Waals surface area contributed by atoms with Crippen LogP contribution in [0, 0.1) is 0 Å². The number of rotatable bonds is 5. The lowest BCUT2D eigenvalue weighted by Gasteiger charge is -2.14. The molecule has 0 aromatic carbocycles. The third-order valence-electron chi connectivity index (χ3n) is 2.56. The number of nitrogens with zero attached hydrogens (tertiary/aromatic N) is 3. The summed E-state index contributed by atoms with van der Waals surface area (Å²) in [5.74, 6) is 1.09. The highest BCUT2D eigenvalue weighted by Gasteiger charge is 2.05. The molecule has 0 bridgehead atoms. The Bertz CT molecular complexity index is 474. The fourth-order valence-corrected chi connectivity index (χ4v) is 1.38. The van der Waals surface area contributed by atoms with Crippen LogP contribution in [0.3, 0.4) is 0 Å². The average molecular weight is 279 g/mol. The number of guanidine groups is 1. The highest BCUT2D eigenvalue weighted by Crippen LogP contribution is 2.05. The van der Waals surface area contributed by atoms with Gasteiger partial charge in [-0.05, 0) is 6.07 Å². The summed E-state index contributed by atoms with van der Waals surface area (Å²) in [6, 6.07) is 5.54. The van der Waals surface area contributed by atoms with Crippen LogP contribution in [-0.2, 0) is 11.3 Å². The third-order valence-corrected chi connectivity index (χ3v) is 2.56. The maximum atomic E-state index is 11.5. The molecule has 7 heteroatoms. The summed E-state index contributed by atoms with van der Waals surface area (Å²) in [5, 5.41) is 6.02. The van der Waals surface area contributed by atoms with Gasteiger partial charge in [-0.25, -0.2) is 4.98 Å². The monoisotopic (exact) mass is 279 g/mol. The molecule has 1 aromatic rings. The number of hydrogen-bond donors (Lipinski definition) is 2. The largest absolute Gasteiger partial charge is 0.481 e. The quantitative estimate of drug-likeness (QED) is 0.578. The Morgan fingerprint density at radius 3 is 2.75 bits per heavy atom. The van der Waals surface area contributed by atoms with Crippen LogP contribution in [0.15, 0.2) is 23.2 Å². The summed E-state index contributed by atoms with van der Waals surface area (Å²) in [6.45, 7) is 0.686. The van der Waals surface area contributed by atoms with E-state index in [9.17, 15) is 4.79 Å². The molecule has 7 nitrogen and oxygen atoms in total. The molecule has 0 spiro atoms. The second kappa shape index (κ2) is 7.98. The first kappa shape index (κ1) is 15.7. The number of likely N-dealkylation sites (N-methyl/N-ethyl adjacent to an activating group) is 1. The Kier molecular flexibility index (Phi) is 6.28. The predicted octanol–water partition coefficient (Wildman–Crippen LogP) is -0.157. The molecule has 0 aliphatic carbocycles. The van der Waals surface area contributed by atoms with Crippen molar-refractivity contribution in [2.45, 2.75) is 6.54 Å². The summed E-state index contributed by atoms with van der Waals surface area (Å²) >= 11 is 0. The number of hydrogen-bond acceptors (Lipinski definition) is 4. The van der Waals surface area contributed by atoms with Gasteiger partial charge in [-0.15, -0.1) is 0 Å². The van der Waals surface area contributed by atoms with Gasteiger partial charge in [-0.2, -0.15) is 0 Å². The van der Waals surface area contributed by atoms with Crippen molar-refractivity contribution >= 4 is 11.9 Å². The van der Waals surface area contributed by atoms with Crippen LogP contribution in [0.1, 0.15) is 5.69 Å². The molecule has 1 heterocycles. The van der Waals surface area contributed by atoms with Crippen LogP contribution in [0.2, 0.25) is 0 Å². The normalized spacial score (nSPS) is 10.9. The number of methoxy groups -OCH3 is 1. The number of nitrogens with one attached hydrogen (secondary N) is 2. The Morgan fingerprint density at radius 2 is 2.15 bits per heavy atom. The van der Waals surface area contributed by atoms with Crippen molar-refractivity contribution in [3.05, 3.63) is 23.9 Å². The lowest BCUT2D eigenvalue weighted by atomic mass is 10.3. The first-order chi connectivity index (χ1) is 9.56. The van der Waals surface area contributed by atoms with Crippen LogP contribution in [0.25, 0.3) is 0 Å². The van der Waals surface area contributed by atoms with E-state index in [2.05, 4.69) is 20.6 Å². The van der Waals surface area contributed by atoms with Crippen LogP contribution in [0.4, 0.5) is 0 Å². The molecule has 0 unspecified atom stereocenters. The summed E-state index contributed by atoms with van der Waals surface area (Å²) in [4.78, 5) is 21.3. The third kappa shape index (κ3) is 5.13. The molecular weight excluding hydrogens is 258 g/mol. The minimum Gasteiger partial charge on any atom is -0.481 e. The van der Waals surface area contributed by atoms with Gasteiger partial charge in [0, 0.05) is 27.2 Å². The van der Waals surface area contributed by atoms with Gasteiger partial charge in [0.25, 0.3) is 0 Å². The second-order valence-corrected chi connectivity index (χ2v) is 4.24. The highest BCUT2D eigenvalue weighted by molar-refractivity contribution is 5.86. The van der Waals surface area contributed by atoms with Gasteiger partial charge in [0.15, 0.2) is 5.96 Å². The van der Waals surface area contributed by atoms with E-state index < -0.39 is 0 Å². The molecule has 0 atom stereocenters. The molecule has 0 fully saturated rings. The molecule has 1 aromatic heterocycles. The van der Waals surface area contributed by atoms with E-state index in [4.69, 9.17) is 4.74 Å². The summed E-state index contributed by atoms with van der Waals surface area (Å²) < 4.78 is 5.06. The lowest BCUT2D eigenvalue weighted by Crippen LogP contribution is -2.42. The maximum Gasteiger partial charge on any atom is 0.241 e. The number of ether oxygens (including phenoxy) is 1. The number of amides is 1. The summed E-state index contributed by atoms with van der Waals surface area (Å²) in [6.07, 6.45) is 0. The highest BCUT2D eigenvalue weighted by atomic mass is 16.5. The fraction of sp³-hybridized carbons (Fsp3) is 0.462. The van der Waals surface area contributed by atoms with Crippen molar-refractivity contribution in [2.75, 3.05) is 34.8 Å². The van der Waals surface area contributed by atoms with E-state index in [0.29, 0.717) is 18.4 Å². The number of aliphatic imine (C=N–C) groups is 1. The van der Waals surface area contributed by atoms with E-state index in [1.165, 1.54) is 4.90 Å². The topological polar surface area (TPSA) is 78.9 Å². The molecule has 0 aliphatic rings. The van der Waals surface area contributed by atoms with Gasteiger partial charge in [0.1, 0.15) is 0 Å². The Hall–Kier alpha value is -2.31. The second-order valence-electron chi connectivity index (χ2n) is 4.24. The van der Waals surface area contributed by atoms with Crippen LogP contribution < -0.4 is 15.4 Å². The minimum atomic E-state index is -0.0209. The molecule has 0 saturated heterocycles. The Labute approximate surface area is 119 Å². The van der Waals surface area contributed by atoms with Crippen molar-refractivity contribution in [1.82, 2.24) is 20.5 Å². The van der Waals surface area contributed by atoms with Gasteiger partial charge in [0.05, 0.1) is 25.9 Å². The number of pyridine rings is 1. The van der Waals surface area contributed by atoms with Crippen molar-refractivity contribution in [3.63, 3.8) is 0 Å². The van der Waals surface area contributed by atoms with Gasteiger partial charge in [-0.1, -0.05) is 6.07 Å². The van der Waals surface area contributed by atoms with Gasteiger partial charge in [-0.3, -0.25) is 9.79 Å². The molecule has 20 heavy (non-hydrogen) atoms. The summed E-state index contributed by atoms with van der Waals surface area (Å²) in [7, 11) is 6.64. The molecule has 0 saturated carbocycles.